The smallest absolute Gasteiger partial charge is 0.262 e. The van der Waals surface area contributed by atoms with Gasteiger partial charge in [0.1, 0.15) is 11.5 Å². The van der Waals surface area contributed by atoms with Crippen molar-refractivity contribution in [3.8, 4) is 11.5 Å². The van der Waals surface area contributed by atoms with Crippen LogP contribution in [0.1, 0.15) is 12.8 Å². The molecule has 0 radical (unpaired) electrons. The molecule has 0 aromatic heterocycles. The van der Waals surface area contributed by atoms with Crippen LogP contribution in [-0.2, 0) is 9.59 Å². The number of hydrogen-bond acceptors (Lipinski definition) is 4. The van der Waals surface area contributed by atoms with Crippen LogP contribution in [-0.4, -0.2) is 32.1 Å². The number of nitrogens with zero attached hydrogens (tertiary/aromatic N) is 1. The third-order valence-corrected chi connectivity index (χ3v) is 4.35. The maximum absolute atomic E-state index is 12.0. The van der Waals surface area contributed by atoms with Gasteiger partial charge in [-0.1, -0.05) is 11.6 Å². The minimum Gasteiger partial charge on any atom is -0.497 e. The molecule has 1 N–H and O–H groups in total. The summed E-state index contributed by atoms with van der Waals surface area (Å²) in [5.41, 5.74) is 1.33. The molecule has 1 saturated heterocycles. The van der Waals surface area contributed by atoms with Gasteiger partial charge in [0, 0.05) is 24.7 Å². The Bertz CT molecular complexity index is 808. The first kappa shape index (κ1) is 18.1. The first-order valence-corrected chi connectivity index (χ1v) is 8.61. The summed E-state index contributed by atoms with van der Waals surface area (Å²) in [6, 6.07) is 12.1. The lowest BCUT2D eigenvalue weighted by Gasteiger charge is -2.16. The normalized spacial score (nSPS) is 13.6. The standard InChI is InChI=1S/C19H19ClN2O4/c1-25-15-8-9-17(16(20)11-15)21-18(23)12-26-14-6-4-13(5-7-14)22-10-2-3-19(22)24/h4-9,11H,2-3,10,12H2,1H3,(H,21,23). The Morgan fingerprint density at radius 2 is 1.92 bits per heavy atom. The average molecular weight is 375 g/mol. The SMILES string of the molecule is COc1ccc(NC(=O)COc2ccc(N3CCCC3=O)cc2)c(Cl)c1. The van der Waals surface area contributed by atoms with Crippen molar-refractivity contribution in [2.24, 2.45) is 0 Å². The fourth-order valence-electron chi connectivity index (χ4n) is 2.70. The van der Waals surface area contributed by atoms with E-state index in [1.165, 1.54) is 0 Å². The predicted octanol–water partition coefficient (Wildman–Crippen LogP) is 3.49. The summed E-state index contributed by atoms with van der Waals surface area (Å²) in [6.07, 6.45) is 1.47. The van der Waals surface area contributed by atoms with Crippen molar-refractivity contribution in [2.75, 3.05) is 30.5 Å². The van der Waals surface area contributed by atoms with Gasteiger partial charge >= 0.3 is 0 Å². The lowest BCUT2D eigenvalue weighted by molar-refractivity contribution is -0.118. The van der Waals surface area contributed by atoms with Crippen molar-refractivity contribution in [3.05, 3.63) is 47.5 Å². The number of nitrogens with one attached hydrogen (secondary N) is 1. The van der Waals surface area contributed by atoms with E-state index in [-0.39, 0.29) is 18.4 Å². The van der Waals surface area contributed by atoms with Crippen LogP contribution in [0.15, 0.2) is 42.5 Å². The van der Waals surface area contributed by atoms with Gasteiger partial charge in [0.25, 0.3) is 5.91 Å². The number of benzene rings is 2. The van der Waals surface area contributed by atoms with E-state index in [0.29, 0.717) is 28.6 Å². The minimum atomic E-state index is -0.323. The molecule has 0 saturated carbocycles. The van der Waals surface area contributed by atoms with Crippen LogP contribution in [0.25, 0.3) is 0 Å². The van der Waals surface area contributed by atoms with E-state index in [0.717, 1.165) is 18.7 Å². The number of anilines is 2. The van der Waals surface area contributed by atoms with E-state index < -0.39 is 0 Å². The number of ether oxygens (including phenoxy) is 2. The highest BCUT2D eigenvalue weighted by Crippen LogP contribution is 2.27. The summed E-state index contributed by atoms with van der Waals surface area (Å²) in [7, 11) is 1.54. The molecule has 0 spiro atoms. The molecule has 136 valence electrons. The molecule has 2 aromatic carbocycles. The maximum Gasteiger partial charge on any atom is 0.262 e. The lowest BCUT2D eigenvalue weighted by Crippen LogP contribution is -2.23. The molecule has 26 heavy (non-hydrogen) atoms. The van der Waals surface area contributed by atoms with Gasteiger partial charge in [-0.3, -0.25) is 9.59 Å². The molecule has 2 amide bonds. The molecule has 7 heteroatoms. The zero-order chi connectivity index (χ0) is 18.5. The summed E-state index contributed by atoms with van der Waals surface area (Å²) in [6.45, 7) is 0.592. The molecule has 0 unspecified atom stereocenters. The predicted molar refractivity (Wildman–Crippen MR) is 100 cm³/mol. The highest BCUT2D eigenvalue weighted by atomic mass is 35.5. The Morgan fingerprint density at radius 3 is 2.54 bits per heavy atom. The van der Waals surface area contributed by atoms with Crippen molar-refractivity contribution < 1.29 is 19.1 Å². The van der Waals surface area contributed by atoms with E-state index in [1.807, 2.05) is 12.1 Å². The number of carbonyl (C=O) groups is 2. The van der Waals surface area contributed by atoms with Gasteiger partial charge in [-0.05, 0) is 42.8 Å². The number of hydrogen-bond donors (Lipinski definition) is 1. The van der Waals surface area contributed by atoms with E-state index >= 15 is 0 Å². The van der Waals surface area contributed by atoms with Crippen LogP contribution in [0.3, 0.4) is 0 Å². The number of amides is 2. The monoisotopic (exact) mass is 374 g/mol. The van der Waals surface area contributed by atoms with Gasteiger partial charge in [0.2, 0.25) is 5.91 Å². The summed E-state index contributed by atoms with van der Waals surface area (Å²) in [5.74, 6) is 0.975. The molecule has 3 rings (SSSR count). The summed E-state index contributed by atoms with van der Waals surface area (Å²) >= 11 is 6.09. The van der Waals surface area contributed by atoms with E-state index in [9.17, 15) is 9.59 Å². The van der Waals surface area contributed by atoms with Crippen molar-refractivity contribution in [3.63, 3.8) is 0 Å². The first-order chi connectivity index (χ1) is 12.6. The maximum atomic E-state index is 12.0. The Balaban J connectivity index is 1.53. The molecule has 0 bridgehead atoms. The third kappa shape index (κ3) is 4.26. The van der Waals surface area contributed by atoms with Crippen molar-refractivity contribution in [1.82, 2.24) is 0 Å². The lowest BCUT2D eigenvalue weighted by atomic mass is 10.3. The number of methoxy groups -OCH3 is 1. The molecular formula is C19H19ClN2O4. The number of carbonyl (C=O) groups excluding carboxylic acids is 2. The second kappa shape index (κ2) is 8.10. The molecule has 1 aliphatic heterocycles. The van der Waals surface area contributed by atoms with Crippen molar-refractivity contribution >= 4 is 34.8 Å². The van der Waals surface area contributed by atoms with E-state index in [2.05, 4.69) is 5.32 Å². The van der Waals surface area contributed by atoms with Crippen LogP contribution < -0.4 is 19.7 Å². The van der Waals surface area contributed by atoms with Crippen LogP contribution in [0.4, 0.5) is 11.4 Å². The van der Waals surface area contributed by atoms with Gasteiger partial charge in [-0.15, -0.1) is 0 Å². The third-order valence-electron chi connectivity index (χ3n) is 4.04. The van der Waals surface area contributed by atoms with Crippen LogP contribution in [0.2, 0.25) is 5.02 Å². The topological polar surface area (TPSA) is 67.9 Å². The fourth-order valence-corrected chi connectivity index (χ4v) is 2.92. The van der Waals surface area contributed by atoms with Gasteiger partial charge in [-0.25, -0.2) is 0 Å². The Morgan fingerprint density at radius 1 is 1.19 bits per heavy atom. The van der Waals surface area contributed by atoms with E-state index in [1.54, 1.807) is 42.3 Å². The highest BCUT2D eigenvalue weighted by molar-refractivity contribution is 6.33. The zero-order valence-corrected chi connectivity index (χ0v) is 15.1. The van der Waals surface area contributed by atoms with Crippen LogP contribution >= 0.6 is 11.6 Å². The number of halogens is 1. The molecule has 2 aromatic rings. The second-order valence-corrected chi connectivity index (χ2v) is 6.23. The van der Waals surface area contributed by atoms with Crippen molar-refractivity contribution in [2.45, 2.75) is 12.8 Å². The summed E-state index contributed by atoms with van der Waals surface area (Å²) in [5, 5.41) is 3.08. The Labute approximate surface area is 156 Å². The summed E-state index contributed by atoms with van der Waals surface area (Å²) in [4.78, 5) is 25.5. The van der Waals surface area contributed by atoms with E-state index in [4.69, 9.17) is 21.1 Å². The second-order valence-electron chi connectivity index (χ2n) is 5.83. The van der Waals surface area contributed by atoms with Crippen molar-refractivity contribution in [1.29, 1.82) is 0 Å². The molecule has 0 aliphatic carbocycles. The number of rotatable bonds is 6. The molecule has 1 fully saturated rings. The highest BCUT2D eigenvalue weighted by Gasteiger charge is 2.21. The quantitative estimate of drug-likeness (QED) is 0.840. The molecule has 1 heterocycles. The Kier molecular flexibility index (Phi) is 5.63. The average Bonchev–Trinajstić information content (AvgIpc) is 3.08. The van der Waals surface area contributed by atoms with Gasteiger partial charge in [0.15, 0.2) is 6.61 Å². The molecule has 6 nitrogen and oxygen atoms in total. The van der Waals surface area contributed by atoms with Gasteiger partial charge in [0.05, 0.1) is 17.8 Å². The van der Waals surface area contributed by atoms with Gasteiger partial charge in [-0.2, -0.15) is 0 Å². The minimum absolute atomic E-state index is 0.134. The first-order valence-electron chi connectivity index (χ1n) is 8.23. The van der Waals surface area contributed by atoms with Crippen LogP contribution in [0.5, 0.6) is 11.5 Å². The molecular weight excluding hydrogens is 356 g/mol. The summed E-state index contributed by atoms with van der Waals surface area (Å²) < 4.78 is 10.6. The fraction of sp³-hybridized carbons (Fsp3) is 0.263. The van der Waals surface area contributed by atoms with Gasteiger partial charge < -0.3 is 19.7 Å². The molecule has 0 atom stereocenters. The molecule has 1 aliphatic rings. The van der Waals surface area contributed by atoms with Crippen LogP contribution in [0, 0.1) is 0 Å². The largest absolute Gasteiger partial charge is 0.497 e. The zero-order valence-electron chi connectivity index (χ0n) is 14.3. The Hall–Kier alpha value is -2.73.